The fourth-order valence-electron chi connectivity index (χ4n) is 1.14. The van der Waals surface area contributed by atoms with Gasteiger partial charge in [-0.25, -0.2) is 4.98 Å². The van der Waals surface area contributed by atoms with Gasteiger partial charge in [-0.1, -0.05) is 0 Å². The first-order chi connectivity index (χ1) is 7.20. The molecule has 0 atom stereocenters. The Balaban J connectivity index is 2.22. The SMILES string of the molecule is N#Cc1ccc(Cn2cnc(I)c2I)s1. The molecule has 0 aliphatic rings. The fraction of sp³-hybridized carbons (Fsp3) is 0.111. The Morgan fingerprint density at radius 2 is 2.27 bits per heavy atom. The Morgan fingerprint density at radius 1 is 1.47 bits per heavy atom. The zero-order valence-electron chi connectivity index (χ0n) is 7.44. The van der Waals surface area contributed by atoms with Crippen LogP contribution in [0.5, 0.6) is 0 Å². The van der Waals surface area contributed by atoms with E-state index in [9.17, 15) is 0 Å². The average Bonchev–Trinajstić information content (AvgIpc) is 2.80. The summed E-state index contributed by atoms with van der Waals surface area (Å²) in [5.74, 6) is 0. The third-order valence-electron chi connectivity index (χ3n) is 1.83. The molecule has 0 bridgehead atoms. The lowest BCUT2D eigenvalue weighted by Gasteiger charge is -2.00. The molecular formula is C9H5I2N3S. The van der Waals surface area contributed by atoms with Gasteiger partial charge < -0.3 is 4.57 Å². The lowest BCUT2D eigenvalue weighted by molar-refractivity contribution is 0.789. The predicted octanol–water partition coefficient (Wildman–Crippen LogP) is 3.07. The van der Waals surface area contributed by atoms with Crippen LogP contribution in [0.1, 0.15) is 9.75 Å². The van der Waals surface area contributed by atoms with Crippen molar-refractivity contribution in [1.29, 1.82) is 5.26 Å². The van der Waals surface area contributed by atoms with E-state index < -0.39 is 0 Å². The molecule has 0 unspecified atom stereocenters. The number of imidazole rings is 1. The minimum Gasteiger partial charge on any atom is -0.320 e. The van der Waals surface area contributed by atoms with E-state index in [1.165, 1.54) is 16.2 Å². The first-order valence-corrected chi connectivity index (χ1v) is 7.03. The summed E-state index contributed by atoms with van der Waals surface area (Å²) in [4.78, 5) is 6.16. The zero-order chi connectivity index (χ0) is 10.8. The number of nitriles is 1. The Labute approximate surface area is 118 Å². The Hall–Kier alpha value is -0.140. The molecule has 2 rings (SSSR count). The van der Waals surface area contributed by atoms with Crippen molar-refractivity contribution in [3.8, 4) is 6.07 Å². The van der Waals surface area contributed by atoms with Crippen molar-refractivity contribution in [2.75, 3.05) is 0 Å². The zero-order valence-corrected chi connectivity index (χ0v) is 12.6. The first kappa shape index (κ1) is 11.3. The minimum absolute atomic E-state index is 0.759. The smallest absolute Gasteiger partial charge is 0.132 e. The molecule has 0 amide bonds. The molecule has 0 saturated heterocycles. The average molecular weight is 441 g/mol. The molecule has 2 aromatic rings. The van der Waals surface area contributed by atoms with Crippen molar-refractivity contribution < 1.29 is 0 Å². The van der Waals surface area contributed by atoms with E-state index in [0.29, 0.717) is 0 Å². The molecule has 15 heavy (non-hydrogen) atoms. The summed E-state index contributed by atoms with van der Waals surface area (Å²) in [5.41, 5.74) is 0. The third-order valence-corrected chi connectivity index (χ3v) is 5.76. The number of thiophene rings is 1. The van der Waals surface area contributed by atoms with Crippen LogP contribution >= 0.6 is 56.5 Å². The van der Waals surface area contributed by atoms with Crippen molar-refractivity contribution in [2.24, 2.45) is 0 Å². The summed E-state index contributed by atoms with van der Waals surface area (Å²) in [6.45, 7) is 0.792. The van der Waals surface area contributed by atoms with E-state index in [-0.39, 0.29) is 0 Å². The van der Waals surface area contributed by atoms with Gasteiger partial charge in [0.05, 0.1) is 12.9 Å². The maximum absolute atomic E-state index is 8.71. The van der Waals surface area contributed by atoms with E-state index in [2.05, 4.69) is 60.8 Å². The van der Waals surface area contributed by atoms with Crippen molar-refractivity contribution in [2.45, 2.75) is 6.54 Å². The van der Waals surface area contributed by atoms with Gasteiger partial charge in [0.25, 0.3) is 0 Å². The van der Waals surface area contributed by atoms with Crippen LogP contribution in [-0.4, -0.2) is 9.55 Å². The summed E-state index contributed by atoms with van der Waals surface area (Å²) in [6.07, 6.45) is 1.83. The molecular weight excluding hydrogens is 436 g/mol. The normalized spacial score (nSPS) is 10.2. The molecule has 2 aromatic heterocycles. The van der Waals surface area contributed by atoms with Crippen LogP contribution in [0.3, 0.4) is 0 Å². The summed E-state index contributed by atoms with van der Waals surface area (Å²) in [6, 6.07) is 5.99. The Morgan fingerprint density at radius 3 is 2.80 bits per heavy atom. The van der Waals surface area contributed by atoms with Gasteiger partial charge in [-0.2, -0.15) is 5.26 Å². The lowest BCUT2D eigenvalue weighted by atomic mass is 10.4. The maximum atomic E-state index is 8.71. The van der Waals surface area contributed by atoms with Crippen LogP contribution in [-0.2, 0) is 6.54 Å². The van der Waals surface area contributed by atoms with Crippen LogP contribution < -0.4 is 0 Å². The minimum atomic E-state index is 0.759. The van der Waals surface area contributed by atoms with Gasteiger partial charge in [-0.3, -0.25) is 0 Å². The van der Waals surface area contributed by atoms with Crippen LogP contribution in [0.25, 0.3) is 0 Å². The van der Waals surface area contributed by atoms with Crippen molar-refractivity contribution in [3.63, 3.8) is 0 Å². The highest BCUT2D eigenvalue weighted by atomic mass is 127. The van der Waals surface area contributed by atoms with E-state index in [1.807, 2.05) is 18.5 Å². The summed E-state index contributed by atoms with van der Waals surface area (Å²) in [5, 5.41) is 8.71. The van der Waals surface area contributed by atoms with Gasteiger partial charge in [-0.05, 0) is 57.3 Å². The third kappa shape index (κ3) is 2.51. The largest absolute Gasteiger partial charge is 0.320 e. The molecule has 0 N–H and O–H groups in total. The number of hydrogen-bond donors (Lipinski definition) is 0. The Kier molecular flexibility index (Phi) is 3.63. The van der Waals surface area contributed by atoms with Gasteiger partial charge in [0.1, 0.15) is 18.3 Å². The second kappa shape index (κ2) is 4.80. The summed E-state index contributed by atoms with van der Waals surface area (Å²) >= 11 is 6.02. The molecule has 6 heteroatoms. The molecule has 0 radical (unpaired) electrons. The number of nitrogens with zero attached hydrogens (tertiary/aromatic N) is 3. The highest BCUT2D eigenvalue weighted by Gasteiger charge is 2.06. The number of aromatic nitrogens is 2. The van der Waals surface area contributed by atoms with E-state index in [1.54, 1.807) is 0 Å². The van der Waals surface area contributed by atoms with E-state index in [0.717, 1.165) is 18.8 Å². The molecule has 3 nitrogen and oxygen atoms in total. The first-order valence-electron chi connectivity index (χ1n) is 4.05. The van der Waals surface area contributed by atoms with Gasteiger partial charge in [0, 0.05) is 4.88 Å². The Bertz CT molecular complexity index is 524. The number of halogens is 2. The van der Waals surface area contributed by atoms with Gasteiger partial charge in [-0.15, -0.1) is 11.3 Å². The number of rotatable bonds is 2. The molecule has 2 heterocycles. The quantitative estimate of drug-likeness (QED) is 0.673. The highest BCUT2D eigenvalue weighted by molar-refractivity contribution is 14.1. The topological polar surface area (TPSA) is 41.6 Å². The van der Waals surface area contributed by atoms with E-state index >= 15 is 0 Å². The monoisotopic (exact) mass is 441 g/mol. The lowest BCUT2D eigenvalue weighted by Crippen LogP contribution is -1.98. The molecule has 0 aromatic carbocycles. The number of hydrogen-bond acceptors (Lipinski definition) is 3. The van der Waals surface area contributed by atoms with Crippen LogP contribution in [0.15, 0.2) is 18.5 Å². The van der Waals surface area contributed by atoms with E-state index in [4.69, 9.17) is 5.26 Å². The fourth-order valence-corrected chi connectivity index (χ4v) is 2.82. The highest BCUT2D eigenvalue weighted by Crippen LogP contribution is 2.19. The molecule has 0 aliphatic carbocycles. The van der Waals surface area contributed by atoms with Crippen LogP contribution in [0, 0.1) is 18.7 Å². The molecule has 0 fully saturated rings. The molecule has 0 saturated carbocycles. The molecule has 76 valence electrons. The molecule has 0 spiro atoms. The van der Waals surface area contributed by atoms with Gasteiger partial charge in [0.15, 0.2) is 0 Å². The van der Waals surface area contributed by atoms with Crippen molar-refractivity contribution in [3.05, 3.63) is 35.6 Å². The van der Waals surface area contributed by atoms with Crippen LogP contribution in [0.4, 0.5) is 0 Å². The second-order valence-corrected chi connectivity index (χ2v) is 6.04. The van der Waals surface area contributed by atoms with Crippen molar-refractivity contribution >= 4 is 56.5 Å². The standard InChI is InChI=1S/C9H5I2N3S/c10-8-9(11)14(5-13-8)4-7-2-1-6(3-12)15-7/h1-2,5H,4H2. The summed E-state index contributed by atoms with van der Waals surface area (Å²) < 4.78 is 4.24. The maximum Gasteiger partial charge on any atom is 0.132 e. The molecule has 0 aliphatic heterocycles. The van der Waals surface area contributed by atoms with Gasteiger partial charge in [0.2, 0.25) is 0 Å². The van der Waals surface area contributed by atoms with Gasteiger partial charge >= 0.3 is 0 Å². The predicted molar refractivity (Wildman–Crippen MR) is 75.8 cm³/mol. The summed E-state index contributed by atoms with van der Waals surface area (Å²) in [7, 11) is 0. The van der Waals surface area contributed by atoms with Crippen LogP contribution in [0.2, 0.25) is 0 Å². The van der Waals surface area contributed by atoms with Crippen molar-refractivity contribution in [1.82, 2.24) is 9.55 Å². The second-order valence-electron chi connectivity index (χ2n) is 2.83.